The standard InChI is InChI=1S/C18H22N4O3S.ClH/c1-2-12-6-8-13(9-7-12)19-16(23)17-21-20-15(26-17)11-22-10-4-3-5-14(22)18(24)25;/h6-9,14H,2-5,10-11H2,1H3,(H,19,23)(H,24,25);1H. The average Bonchev–Trinajstić information content (AvgIpc) is 3.11. The Morgan fingerprint density at radius 1 is 1.26 bits per heavy atom. The number of carboxylic acids is 1. The van der Waals surface area contributed by atoms with Crippen molar-refractivity contribution >= 4 is 41.3 Å². The number of aryl methyl sites for hydroxylation is 1. The van der Waals surface area contributed by atoms with Crippen molar-refractivity contribution in [1.29, 1.82) is 0 Å². The normalized spacial score (nSPS) is 17.1. The van der Waals surface area contributed by atoms with Crippen molar-refractivity contribution in [1.82, 2.24) is 15.1 Å². The van der Waals surface area contributed by atoms with Gasteiger partial charge in [0.25, 0.3) is 5.91 Å². The van der Waals surface area contributed by atoms with Gasteiger partial charge >= 0.3 is 5.97 Å². The summed E-state index contributed by atoms with van der Waals surface area (Å²) in [4.78, 5) is 25.6. The van der Waals surface area contributed by atoms with E-state index in [-0.39, 0.29) is 23.3 Å². The number of carbonyl (C=O) groups excluding carboxylic acids is 1. The minimum Gasteiger partial charge on any atom is -0.480 e. The maximum absolute atomic E-state index is 12.3. The van der Waals surface area contributed by atoms with Gasteiger partial charge in [0.2, 0.25) is 5.01 Å². The molecule has 2 aromatic rings. The summed E-state index contributed by atoms with van der Waals surface area (Å²) in [6, 6.07) is 7.20. The summed E-state index contributed by atoms with van der Waals surface area (Å²) in [5.41, 5.74) is 1.92. The Kier molecular flexibility index (Phi) is 7.70. The fourth-order valence-corrected chi connectivity index (χ4v) is 3.81. The molecule has 2 N–H and O–H groups in total. The highest BCUT2D eigenvalue weighted by atomic mass is 35.5. The minimum absolute atomic E-state index is 0. The van der Waals surface area contributed by atoms with Gasteiger partial charge in [-0.2, -0.15) is 0 Å². The highest BCUT2D eigenvalue weighted by Crippen LogP contribution is 2.22. The number of rotatable bonds is 6. The SMILES string of the molecule is CCc1ccc(NC(=O)c2nnc(CN3CCCCC3C(=O)O)s2)cc1.Cl. The van der Waals surface area contributed by atoms with Crippen LogP contribution in [0.3, 0.4) is 0 Å². The van der Waals surface area contributed by atoms with Gasteiger partial charge in [-0.1, -0.05) is 36.8 Å². The fourth-order valence-electron chi connectivity index (χ4n) is 3.05. The van der Waals surface area contributed by atoms with Gasteiger partial charge < -0.3 is 10.4 Å². The molecule has 9 heteroatoms. The average molecular weight is 411 g/mol. The molecule has 0 saturated carbocycles. The van der Waals surface area contributed by atoms with Gasteiger partial charge in [0.15, 0.2) is 0 Å². The number of aliphatic carboxylic acids is 1. The van der Waals surface area contributed by atoms with Gasteiger partial charge in [0.1, 0.15) is 11.0 Å². The van der Waals surface area contributed by atoms with E-state index in [9.17, 15) is 14.7 Å². The maximum Gasteiger partial charge on any atom is 0.320 e. The van der Waals surface area contributed by atoms with Crippen LogP contribution in [0.4, 0.5) is 5.69 Å². The lowest BCUT2D eigenvalue weighted by molar-refractivity contribution is -0.144. The molecule has 27 heavy (non-hydrogen) atoms. The summed E-state index contributed by atoms with van der Waals surface area (Å²) in [5, 5.41) is 21.1. The van der Waals surface area contributed by atoms with E-state index < -0.39 is 12.0 Å². The molecule has 7 nitrogen and oxygen atoms in total. The second kappa shape index (κ2) is 9.77. The number of aromatic nitrogens is 2. The van der Waals surface area contributed by atoms with E-state index in [2.05, 4.69) is 22.4 Å². The molecular weight excluding hydrogens is 388 g/mol. The van der Waals surface area contributed by atoms with Crippen molar-refractivity contribution in [3.63, 3.8) is 0 Å². The molecule has 1 aromatic heterocycles. The third kappa shape index (κ3) is 5.47. The smallest absolute Gasteiger partial charge is 0.320 e. The molecule has 1 aliphatic rings. The Bertz CT molecular complexity index is 781. The topological polar surface area (TPSA) is 95.4 Å². The van der Waals surface area contributed by atoms with E-state index in [0.717, 1.165) is 25.8 Å². The van der Waals surface area contributed by atoms with Gasteiger partial charge in [-0.3, -0.25) is 14.5 Å². The lowest BCUT2D eigenvalue weighted by Crippen LogP contribution is -2.43. The highest BCUT2D eigenvalue weighted by molar-refractivity contribution is 7.13. The Balaban J connectivity index is 0.00000261. The van der Waals surface area contributed by atoms with Gasteiger partial charge in [-0.25, -0.2) is 0 Å². The van der Waals surface area contributed by atoms with Gasteiger partial charge in [-0.15, -0.1) is 22.6 Å². The molecular formula is C18H23ClN4O3S. The van der Waals surface area contributed by atoms with Crippen LogP contribution in [0.15, 0.2) is 24.3 Å². The molecule has 0 radical (unpaired) electrons. The third-order valence-electron chi connectivity index (χ3n) is 4.52. The molecule has 0 spiro atoms. The number of carbonyl (C=O) groups is 2. The molecule has 146 valence electrons. The Morgan fingerprint density at radius 3 is 2.67 bits per heavy atom. The first-order valence-corrected chi connectivity index (χ1v) is 9.58. The first-order valence-electron chi connectivity index (χ1n) is 8.76. The molecule has 0 bridgehead atoms. The van der Waals surface area contributed by atoms with E-state index >= 15 is 0 Å². The van der Waals surface area contributed by atoms with Crippen LogP contribution in [0, 0.1) is 0 Å². The van der Waals surface area contributed by atoms with Crippen molar-refractivity contribution in [2.75, 3.05) is 11.9 Å². The zero-order valence-electron chi connectivity index (χ0n) is 15.1. The summed E-state index contributed by atoms with van der Waals surface area (Å²) in [6.45, 7) is 3.21. The first kappa shape index (κ1) is 21.3. The van der Waals surface area contributed by atoms with Crippen LogP contribution in [0.5, 0.6) is 0 Å². The van der Waals surface area contributed by atoms with Crippen LogP contribution in [0.1, 0.15) is 46.6 Å². The summed E-state index contributed by atoms with van der Waals surface area (Å²) < 4.78 is 0. The number of nitrogens with one attached hydrogen (secondary N) is 1. The van der Waals surface area contributed by atoms with Crippen molar-refractivity contribution < 1.29 is 14.7 Å². The van der Waals surface area contributed by atoms with E-state index in [4.69, 9.17) is 0 Å². The van der Waals surface area contributed by atoms with Crippen molar-refractivity contribution in [2.24, 2.45) is 0 Å². The minimum atomic E-state index is -0.803. The van der Waals surface area contributed by atoms with Gasteiger partial charge in [0.05, 0.1) is 6.54 Å². The van der Waals surface area contributed by atoms with Crippen LogP contribution >= 0.6 is 23.7 Å². The van der Waals surface area contributed by atoms with Gasteiger partial charge in [-0.05, 0) is 43.5 Å². The van der Waals surface area contributed by atoms with E-state index in [1.165, 1.54) is 16.9 Å². The molecule has 2 heterocycles. The lowest BCUT2D eigenvalue weighted by atomic mass is 10.0. The van der Waals surface area contributed by atoms with Crippen LogP contribution in [0.25, 0.3) is 0 Å². The van der Waals surface area contributed by atoms with E-state index in [1.807, 2.05) is 29.2 Å². The molecule has 0 aliphatic carbocycles. The summed E-state index contributed by atoms with van der Waals surface area (Å²) in [6.07, 6.45) is 3.49. The summed E-state index contributed by atoms with van der Waals surface area (Å²) in [7, 11) is 0. The summed E-state index contributed by atoms with van der Waals surface area (Å²) >= 11 is 1.21. The Labute approximate surface area is 168 Å². The second-order valence-corrected chi connectivity index (χ2v) is 7.39. The van der Waals surface area contributed by atoms with Crippen LogP contribution in [0.2, 0.25) is 0 Å². The van der Waals surface area contributed by atoms with Gasteiger partial charge in [0, 0.05) is 5.69 Å². The van der Waals surface area contributed by atoms with Crippen LogP contribution < -0.4 is 5.32 Å². The van der Waals surface area contributed by atoms with E-state index in [0.29, 0.717) is 23.7 Å². The number of hydrogen-bond donors (Lipinski definition) is 2. The third-order valence-corrected chi connectivity index (χ3v) is 5.42. The quantitative estimate of drug-likeness (QED) is 0.759. The molecule has 1 unspecified atom stereocenters. The largest absolute Gasteiger partial charge is 0.480 e. The number of benzene rings is 1. The number of piperidine rings is 1. The number of halogens is 1. The molecule has 1 amide bonds. The van der Waals surface area contributed by atoms with E-state index in [1.54, 1.807) is 0 Å². The molecule has 3 rings (SSSR count). The monoisotopic (exact) mass is 410 g/mol. The molecule has 1 aliphatic heterocycles. The van der Waals surface area contributed by atoms with Crippen molar-refractivity contribution in [3.05, 3.63) is 39.8 Å². The number of nitrogens with zero attached hydrogens (tertiary/aromatic N) is 3. The Hall–Kier alpha value is -2.03. The fraction of sp³-hybridized carbons (Fsp3) is 0.444. The van der Waals surface area contributed by atoms with Crippen LogP contribution in [-0.2, 0) is 17.8 Å². The zero-order chi connectivity index (χ0) is 18.5. The number of carboxylic acid groups (broad SMARTS) is 1. The predicted molar refractivity (Wildman–Crippen MR) is 107 cm³/mol. The van der Waals surface area contributed by atoms with Crippen LogP contribution in [-0.4, -0.2) is 44.7 Å². The molecule has 1 saturated heterocycles. The van der Waals surface area contributed by atoms with Crippen molar-refractivity contribution in [3.8, 4) is 0 Å². The number of hydrogen-bond acceptors (Lipinski definition) is 6. The molecule has 1 fully saturated rings. The predicted octanol–water partition coefficient (Wildman–Crippen LogP) is 3.21. The highest BCUT2D eigenvalue weighted by Gasteiger charge is 2.29. The number of likely N-dealkylation sites (tertiary alicyclic amines) is 1. The summed E-state index contributed by atoms with van der Waals surface area (Å²) in [5.74, 6) is -1.10. The first-order chi connectivity index (χ1) is 12.6. The Morgan fingerprint density at radius 2 is 2.00 bits per heavy atom. The van der Waals surface area contributed by atoms with Crippen molar-refractivity contribution in [2.45, 2.75) is 45.2 Å². The number of anilines is 1. The zero-order valence-corrected chi connectivity index (χ0v) is 16.7. The molecule has 1 atom stereocenters. The molecule has 1 aromatic carbocycles. The second-order valence-electron chi connectivity index (χ2n) is 6.33. The lowest BCUT2D eigenvalue weighted by Gasteiger charge is -2.31. The number of amides is 1. The maximum atomic E-state index is 12.3.